The molecule has 3 nitrogen and oxygen atoms in total. The molecule has 0 amide bonds. The minimum Gasteiger partial charge on any atom is -0.481 e. The topological polar surface area (TPSA) is 57.5 Å². The van der Waals surface area contributed by atoms with E-state index in [1.807, 2.05) is 0 Å². The quantitative estimate of drug-likeness (QED) is 0.628. The van der Waals surface area contributed by atoms with Gasteiger partial charge in [0.1, 0.15) is 0 Å². The lowest BCUT2D eigenvalue weighted by atomic mass is 10.0. The summed E-state index contributed by atoms with van der Waals surface area (Å²) in [5, 5.41) is 17.7. The highest BCUT2D eigenvalue weighted by Gasteiger charge is 2.35. The molecule has 0 atom stereocenters. The first-order valence-corrected chi connectivity index (χ1v) is 4.30. The minimum absolute atomic E-state index is 0.0804. The van der Waals surface area contributed by atoms with Crippen LogP contribution in [0.4, 0.5) is 0 Å². The van der Waals surface area contributed by atoms with Gasteiger partial charge >= 0.3 is 5.97 Å². The number of hydrogen-bond acceptors (Lipinski definition) is 3. The van der Waals surface area contributed by atoms with Crippen LogP contribution in [0, 0.1) is 0 Å². The summed E-state index contributed by atoms with van der Waals surface area (Å²) in [5.41, 5.74) is -0.664. The van der Waals surface area contributed by atoms with Crippen molar-refractivity contribution in [2.45, 2.75) is 18.4 Å². The van der Waals surface area contributed by atoms with Crippen LogP contribution >= 0.6 is 11.8 Å². The van der Waals surface area contributed by atoms with Gasteiger partial charge in [0.05, 0.1) is 5.60 Å². The van der Waals surface area contributed by atoms with E-state index in [-0.39, 0.29) is 6.42 Å². The zero-order chi connectivity index (χ0) is 7.61. The normalized spacial score (nSPS) is 21.7. The molecule has 2 N–H and O–H groups in total. The summed E-state index contributed by atoms with van der Waals surface area (Å²) in [7, 11) is 0. The van der Waals surface area contributed by atoms with Crippen molar-refractivity contribution >= 4 is 17.7 Å². The van der Waals surface area contributed by atoms with Gasteiger partial charge in [-0.1, -0.05) is 0 Å². The standard InChI is InChI=1S/C6H10O3S/c7-5(8)1-2-6(9)3-10-4-6/h9H,1-4H2,(H,7,8). The van der Waals surface area contributed by atoms with Gasteiger partial charge in [-0.3, -0.25) is 4.79 Å². The number of aliphatic hydroxyl groups is 1. The zero-order valence-electron chi connectivity index (χ0n) is 5.54. The molecule has 0 aromatic rings. The van der Waals surface area contributed by atoms with Gasteiger partial charge in [0.15, 0.2) is 0 Å². The van der Waals surface area contributed by atoms with E-state index in [1.54, 1.807) is 11.8 Å². The van der Waals surface area contributed by atoms with E-state index in [0.29, 0.717) is 17.9 Å². The molecule has 1 heterocycles. The number of carboxylic acid groups (broad SMARTS) is 1. The predicted molar refractivity (Wildman–Crippen MR) is 39.1 cm³/mol. The van der Waals surface area contributed by atoms with Crippen LogP contribution in [0.15, 0.2) is 0 Å². The molecule has 0 bridgehead atoms. The predicted octanol–water partition coefficient (Wildman–Crippen LogP) is 0.329. The van der Waals surface area contributed by atoms with Crippen molar-refractivity contribution in [1.82, 2.24) is 0 Å². The van der Waals surface area contributed by atoms with Crippen molar-refractivity contribution in [2.75, 3.05) is 11.5 Å². The highest BCUT2D eigenvalue weighted by Crippen LogP contribution is 2.32. The van der Waals surface area contributed by atoms with Crippen LogP contribution in [0.1, 0.15) is 12.8 Å². The Bertz CT molecular complexity index is 142. The van der Waals surface area contributed by atoms with Crippen molar-refractivity contribution < 1.29 is 15.0 Å². The third-order valence-corrected chi connectivity index (χ3v) is 3.03. The van der Waals surface area contributed by atoms with Crippen LogP contribution in [-0.2, 0) is 4.79 Å². The molecule has 0 aliphatic carbocycles. The average Bonchev–Trinajstić information content (AvgIpc) is 1.79. The van der Waals surface area contributed by atoms with Gasteiger partial charge in [-0.25, -0.2) is 0 Å². The molecule has 0 radical (unpaired) electrons. The third-order valence-electron chi connectivity index (χ3n) is 1.55. The van der Waals surface area contributed by atoms with Gasteiger partial charge in [-0.2, -0.15) is 11.8 Å². The number of rotatable bonds is 3. The second-order valence-electron chi connectivity index (χ2n) is 2.61. The van der Waals surface area contributed by atoms with Crippen molar-refractivity contribution in [3.63, 3.8) is 0 Å². The number of carboxylic acids is 1. The summed E-state index contributed by atoms with van der Waals surface area (Å²) >= 11 is 1.65. The van der Waals surface area contributed by atoms with Gasteiger partial charge in [0, 0.05) is 17.9 Å². The maximum Gasteiger partial charge on any atom is 0.303 e. The van der Waals surface area contributed by atoms with Crippen molar-refractivity contribution in [1.29, 1.82) is 0 Å². The van der Waals surface area contributed by atoms with Crippen LogP contribution in [-0.4, -0.2) is 33.3 Å². The fourth-order valence-corrected chi connectivity index (χ4v) is 1.79. The number of carbonyl (C=O) groups is 1. The second kappa shape index (κ2) is 2.80. The van der Waals surface area contributed by atoms with E-state index < -0.39 is 11.6 Å². The maximum absolute atomic E-state index is 10.1. The van der Waals surface area contributed by atoms with Gasteiger partial charge in [-0.05, 0) is 6.42 Å². The first-order chi connectivity index (χ1) is 4.62. The molecule has 1 aliphatic heterocycles. The number of hydrogen-bond donors (Lipinski definition) is 2. The molecule has 1 fully saturated rings. The minimum atomic E-state index is -0.828. The second-order valence-corrected chi connectivity index (χ2v) is 3.60. The maximum atomic E-state index is 10.1. The van der Waals surface area contributed by atoms with Crippen LogP contribution in [0.5, 0.6) is 0 Å². The van der Waals surface area contributed by atoms with Gasteiger partial charge < -0.3 is 10.2 Å². The highest BCUT2D eigenvalue weighted by molar-refractivity contribution is 8.00. The van der Waals surface area contributed by atoms with Gasteiger partial charge in [-0.15, -0.1) is 0 Å². The molecule has 0 spiro atoms. The SMILES string of the molecule is O=C(O)CCC1(O)CSC1. The Kier molecular flexibility index (Phi) is 2.21. The monoisotopic (exact) mass is 162 g/mol. The molecule has 1 rings (SSSR count). The van der Waals surface area contributed by atoms with E-state index in [9.17, 15) is 9.90 Å². The molecule has 1 saturated heterocycles. The van der Waals surface area contributed by atoms with Gasteiger partial charge in [0.25, 0.3) is 0 Å². The Labute approximate surface area is 63.4 Å². The fraction of sp³-hybridized carbons (Fsp3) is 0.833. The Morgan fingerprint density at radius 1 is 1.60 bits per heavy atom. The molecular weight excluding hydrogens is 152 g/mol. The Morgan fingerprint density at radius 2 is 2.20 bits per heavy atom. The molecule has 0 unspecified atom stereocenters. The summed E-state index contributed by atoms with van der Waals surface area (Å²) in [5.74, 6) is 0.561. The first kappa shape index (κ1) is 7.88. The summed E-state index contributed by atoms with van der Waals surface area (Å²) in [6.45, 7) is 0. The highest BCUT2D eigenvalue weighted by atomic mass is 32.2. The first-order valence-electron chi connectivity index (χ1n) is 3.14. The summed E-state index contributed by atoms with van der Waals surface area (Å²) in [6, 6.07) is 0. The smallest absolute Gasteiger partial charge is 0.303 e. The molecule has 1 aliphatic rings. The van der Waals surface area contributed by atoms with E-state index >= 15 is 0 Å². The summed E-state index contributed by atoms with van der Waals surface area (Å²) < 4.78 is 0. The molecule has 0 aromatic carbocycles. The van der Waals surface area contributed by atoms with Crippen LogP contribution in [0.2, 0.25) is 0 Å². The van der Waals surface area contributed by atoms with Gasteiger partial charge in [0.2, 0.25) is 0 Å². The van der Waals surface area contributed by atoms with E-state index in [0.717, 1.165) is 0 Å². The third kappa shape index (κ3) is 1.88. The Hall–Kier alpha value is -0.220. The molecule has 4 heteroatoms. The summed E-state index contributed by atoms with van der Waals surface area (Å²) in [4.78, 5) is 10.1. The molecule has 0 aromatic heterocycles. The Morgan fingerprint density at radius 3 is 2.50 bits per heavy atom. The lowest BCUT2D eigenvalue weighted by molar-refractivity contribution is -0.138. The van der Waals surface area contributed by atoms with Crippen LogP contribution < -0.4 is 0 Å². The van der Waals surface area contributed by atoms with Crippen molar-refractivity contribution in [3.8, 4) is 0 Å². The largest absolute Gasteiger partial charge is 0.481 e. The zero-order valence-corrected chi connectivity index (χ0v) is 6.36. The molecular formula is C6H10O3S. The van der Waals surface area contributed by atoms with Crippen molar-refractivity contribution in [2.24, 2.45) is 0 Å². The molecule has 0 saturated carbocycles. The molecule has 58 valence electrons. The fourth-order valence-electron chi connectivity index (χ4n) is 0.822. The summed E-state index contributed by atoms with van der Waals surface area (Å²) in [6.07, 6.45) is 0.479. The van der Waals surface area contributed by atoms with Crippen LogP contribution in [0.3, 0.4) is 0 Å². The van der Waals surface area contributed by atoms with Crippen molar-refractivity contribution in [3.05, 3.63) is 0 Å². The number of thioether (sulfide) groups is 1. The lowest BCUT2D eigenvalue weighted by Crippen LogP contribution is -2.43. The van der Waals surface area contributed by atoms with Crippen LogP contribution in [0.25, 0.3) is 0 Å². The van der Waals surface area contributed by atoms with E-state index in [4.69, 9.17) is 5.11 Å². The van der Waals surface area contributed by atoms with E-state index in [2.05, 4.69) is 0 Å². The molecule has 10 heavy (non-hydrogen) atoms. The van der Waals surface area contributed by atoms with E-state index in [1.165, 1.54) is 0 Å². The lowest BCUT2D eigenvalue weighted by Gasteiger charge is -2.35. The average molecular weight is 162 g/mol. The number of aliphatic carboxylic acids is 1. The Balaban J connectivity index is 2.18.